The van der Waals surface area contributed by atoms with Crippen LogP contribution in [-0.4, -0.2) is 34.2 Å². The first-order valence-corrected chi connectivity index (χ1v) is 10.2. The van der Waals surface area contributed by atoms with Crippen molar-refractivity contribution in [2.75, 3.05) is 6.54 Å². The van der Waals surface area contributed by atoms with Crippen molar-refractivity contribution in [1.29, 1.82) is 0 Å². The summed E-state index contributed by atoms with van der Waals surface area (Å²) in [5.41, 5.74) is -0.232. The van der Waals surface area contributed by atoms with Gasteiger partial charge in [-0.3, -0.25) is 19.4 Å². The maximum atomic E-state index is 13.2. The van der Waals surface area contributed by atoms with E-state index in [1.807, 2.05) is 44.2 Å². The average Bonchev–Trinajstić information content (AvgIpc) is 2.69. The third-order valence-corrected chi connectivity index (χ3v) is 5.65. The van der Waals surface area contributed by atoms with Crippen LogP contribution in [-0.2, 0) is 16.1 Å². The number of imide groups is 2. The van der Waals surface area contributed by atoms with Gasteiger partial charge in [0.2, 0.25) is 11.8 Å². The maximum absolute atomic E-state index is 13.2. The van der Waals surface area contributed by atoms with Crippen LogP contribution in [0.4, 0.5) is 4.79 Å². The molecule has 5 nitrogen and oxygen atoms in total. The van der Waals surface area contributed by atoms with E-state index in [0.717, 1.165) is 37.7 Å². The van der Waals surface area contributed by atoms with Gasteiger partial charge in [0, 0.05) is 6.54 Å². The summed E-state index contributed by atoms with van der Waals surface area (Å²) in [4.78, 5) is 41.9. The van der Waals surface area contributed by atoms with Crippen molar-refractivity contribution in [2.24, 2.45) is 5.41 Å². The number of nitrogens with zero attached hydrogens (tertiary/aromatic N) is 2. The van der Waals surface area contributed by atoms with Crippen molar-refractivity contribution >= 4 is 17.8 Å². The highest BCUT2D eigenvalue weighted by Gasteiger charge is 2.54. The van der Waals surface area contributed by atoms with Gasteiger partial charge in [0.1, 0.15) is 5.41 Å². The Morgan fingerprint density at radius 1 is 0.778 bits per heavy atom. The summed E-state index contributed by atoms with van der Waals surface area (Å²) in [7, 11) is 0. The normalized spacial score (nSPS) is 16.9. The fourth-order valence-electron chi connectivity index (χ4n) is 3.76. The van der Waals surface area contributed by atoms with Gasteiger partial charge in [-0.2, -0.15) is 0 Å². The predicted molar refractivity (Wildman–Crippen MR) is 106 cm³/mol. The Hall–Kier alpha value is -2.17. The second-order valence-electron chi connectivity index (χ2n) is 7.32. The number of hydrogen-bond acceptors (Lipinski definition) is 3. The summed E-state index contributed by atoms with van der Waals surface area (Å²) >= 11 is 0. The minimum absolute atomic E-state index is 0.208. The molecule has 0 spiro atoms. The molecule has 1 aliphatic heterocycles. The molecule has 0 N–H and O–H groups in total. The van der Waals surface area contributed by atoms with E-state index in [-0.39, 0.29) is 18.4 Å². The third-order valence-electron chi connectivity index (χ3n) is 5.65. The second kappa shape index (κ2) is 9.67. The van der Waals surface area contributed by atoms with E-state index in [4.69, 9.17) is 0 Å². The molecule has 0 atom stereocenters. The van der Waals surface area contributed by atoms with Crippen molar-refractivity contribution in [3.05, 3.63) is 35.9 Å². The molecular weight excluding hydrogens is 340 g/mol. The molecule has 1 aromatic rings. The fraction of sp³-hybridized carbons (Fsp3) is 0.591. The molecule has 27 heavy (non-hydrogen) atoms. The molecule has 4 amide bonds. The minimum Gasteiger partial charge on any atom is -0.273 e. The summed E-state index contributed by atoms with van der Waals surface area (Å²) in [6, 6.07) is 8.99. The standard InChI is InChI=1S/C22H32N2O3/c1-4-7-8-9-13-16-23-19(25)22(5-2,6-3)20(26)24(21(23)27)17-18-14-11-10-12-15-18/h10-12,14-15H,4-9,13,16-17H2,1-3H3. The number of carbonyl (C=O) groups excluding carboxylic acids is 3. The van der Waals surface area contributed by atoms with Crippen LogP contribution in [0.5, 0.6) is 0 Å². The monoisotopic (exact) mass is 372 g/mol. The predicted octanol–water partition coefficient (Wildman–Crippen LogP) is 4.75. The van der Waals surface area contributed by atoms with Gasteiger partial charge in [-0.25, -0.2) is 4.79 Å². The zero-order chi connectivity index (χ0) is 19.9. The lowest BCUT2D eigenvalue weighted by Gasteiger charge is -2.43. The van der Waals surface area contributed by atoms with Crippen molar-refractivity contribution in [3.63, 3.8) is 0 Å². The fourth-order valence-corrected chi connectivity index (χ4v) is 3.76. The quantitative estimate of drug-likeness (QED) is 0.440. The highest BCUT2D eigenvalue weighted by Crippen LogP contribution is 2.36. The van der Waals surface area contributed by atoms with Gasteiger partial charge in [-0.05, 0) is 24.8 Å². The first-order chi connectivity index (χ1) is 13.0. The molecule has 0 bridgehead atoms. The molecule has 1 aromatic carbocycles. The highest BCUT2D eigenvalue weighted by atomic mass is 16.2. The number of amides is 4. The van der Waals surface area contributed by atoms with Crippen LogP contribution in [0, 0.1) is 5.41 Å². The van der Waals surface area contributed by atoms with Crippen LogP contribution in [0.15, 0.2) is 30.3 Å². The Kier molecular flexibility index (Phi) is 7.57. The Bertz CT molecular complexity index is 653. The Labute approximate surface area is 162 Å². The van der Waals surface area contributed by atoms with Gasteiger partial charge in [0.05, 0.1) is 6.54 Å². The lowest BCUT2D eigenvalue weighted by atomic mass is 9.77. The Morgan fingerprint density at radius 3 is 1.96 bits per heavy atom. The summed E-state index contributed by atoms with van der Waals surface area (Å²) in [5.74, 6) is -0.670. The van der Waals surface area contributed by atoms with Crippen LogP contribution in [0.1, 0.15) is 71.3 Å². The van der Waals surface area contributed by atoms with E-state index in [1.54, 1.807) is 0 Å². The third kappa shape index (κ3) is 4.40. The largest absolute Gasteiger partial charge is 0.333 e. The highest BCUT2D eigenvalue weighted by molar-refractivity contribution is 6.18. The van der Waals surface area contributed by atoms with Gasteiger partial charge < -0.3 is 0 Å². The van der Waals surface area contributed by atoms with Gasteiger partial charge in [0.15, 0.2) is 0 Å². The molecule has 148 valence electrons. The van der Waals surface area contributed by atoms with Gasteiger partial charge in [-0.15, -0.1) is 0 Å². The molecule has 1 saturated heterocycles. The molecule has 2 rings (SSSR count). The summed E-state index contributed by atoms with van der Waals surface area (Å²) in [6.45, 7) is 6.47. The summed E-state index contributed by atoms with van der Waals surface area (Å²) < 4.78 is 0. The Morgan fingerprint density at radius 2 is 1.37 bits per heavy atom. The molecule has 0 aromatic heterocycles. The van der Waals surface area contributed by atoms with Crippen LogP contribution >= 0.6 is 0 Å². The average molecular weight is 373 g/mol. The zero-order valence-corrected chi connectivity index (χ0v) is 16.9. The van der Waals surface area contributed by atoms with E-state index in [2.05, 4.69) is 6.92 Å². The topological polar surface area (TPSA) is 57.7 Å². The van der Waals surface area contributed by atoms with Crippen LogP contribution in [0.2, 0.25) is 0 Å². The molecule has 1 heterocycles. The molecule has 0 saturated carbocycles. The first-order valence-electron chi connectivity index (χ1n) is 10.2. The van der Waals surface area contributed by atoms with Gasteiger partial charge >= 0.3 is 6.03 Å². The van der Waals surface area contributed by atoms with Crippen LogP contribution < -0.4 is 0 Å². The van der Waals surface area contributed by atoms with Gasteiger partial charge in [-0.1, -0.05) is 76.8 Å². The van der Waals surface area contributed by atoms with E-state index in [0.29, 0.717) is 19.4 Å². The number of rotatable bonds is 10. The number of benzene rings is 1. The summed E-state index contributed by atoms with van der Waals surface area (Å²) in [5, 5.41) is 0. The lowest BCUT2D eigenvalue weighted by Crippen LogP contribution is -2.64. The van der Waals surface area contributed by atoms with Gasteiger partial charge in [0.25, 0.3) is 0 Å². The van der Waals surface area contributed by atoms with E-state index >= 15 is 0 Å². The van der Waals surface area contributed by atoms with E-state index in [9.17, 15) is 14.4 Å². The van der Waals surface area contributed by atoms with Crippen LogP contribution in [0.3, 0.4) is 0 Å². The number of barbiturate groups is 1. The molecule has 0 radical (unpaired) electrons. The Balaban J connectivity index is 2.23. The lowest BCUT2D eigenvalue weighted by molar-refractivity contribution is -0.160. The van der Waals surface area contributed by atoms with E-state index in [1.165, 1.54) is 9.80 Å². The van der Waals surface area contributed by atoms with Crippen molar-refractivity contribution in [3.8, 4) is 0 Å². The number of hydrogen-bond donors (Lipinski definition) is 0. The van der Waals surface area contributed by atoms with E-state index < -0.39 is 11.4 Å². The first kappa shape index (κ1) is 21.1. The molecular formula is C22H32N2O3. The number of unbranched alkanes of at least 4 members (excludes halogenated alkanes) is 4. The second-order valence-corrected chi connectivity index (χ2v) is 7.32. The molecule has 1 aliphatic rings. The van der Waals surface area contributed by atoms with Crippen LogP contribution in [0.25, 0.3) is 0 Å². The number of urea groups is 1. The molecule has 0 unspecified atom stereocenters. The molecule has 1 fully saturated rings. The van der Waals surface area contributed by atoms with Crippen molar-refractivity contribution in [2.45, 2.75) is 72.3 Å². The molecule has 0 aliphatic carbocycles. The van der Waals surface area contributed by atoms with Crippen molar-refractivity contribution in [1.82, 2.24) is 9.80 Å². The van der Waals surface area contributed by atoms with Crippen molar-refractivity contribution < 1.29 is 14.4 Å². The number of carbonyl (C=O) groups is 3. The smallest absolute Gasteiger partial charge is 0.273 e. The summed E-state index contributed by atoms with van der Waals surface area (Å²) in [6.07, 6.45) is 6.01. The minimum atomic E-state index is -1.12. The SMILES string of the molecule is CCCCCCCN1C(=O)N(Cc2ccccc2)C(=O)C(CC)(CC)C1=O. The maximum Gasteiger partial charge on any atom is 0.333 e. The zero-order valence-electron chi connectivity index (χ0n) is 16.9. The molecule has 5 heteroatoms.